The van der Waals surface area contributed by atoms with Crippen LogP contribution in [-0.4, -0.2) is 53.7 Å². The number of carbonyl (C=O) groups is 2. The van der Waals surface area contributed by atoms with Gasteiger partial charge in [0, 0.05) is 17.5 Å². The minimum atomic E-state index is -3.35. The van der Waals surface area contributed by atoms with Crippen molar-refractivity contribution in [1.29, 1.82) is 0 Å². The van der Waals surface area contributed by atoms with Gasteiger partial charge in [-0.05, 0) is 31.0 Å². The minimum Gasteiger partial charge on any atom is -0.445 e. The van der Waals surface area contributed by atoms with Crippen LogP contribution in [0.15, 0.2) is 54.6 Å². The summed E-state index contributed by atoms with van der Waals surface area (Å²) in [7, 11) is -3.35. The lowest BCUT2D eigenvalue weighted by Gasteiger charge is -2.18. The molecule has 1 heterocycles. The molecule has 3 N–H and O–H groups in total. The fourth-order valence-corrected chi connectivity index (χ4v) is 3.61. The molecular formula is C22H25N5O5S. The quantitative estimate of drug-likeness (QED) is 0.435. The Morgan fingerprint density at radius 3 is 2.55 bits per heavy atom. The highest BCUT2D eigenvalue weighted by molar-refractivity contribution is 7.90. The summed E-state index contributed by atoms with van der Waals surface area (Å²) in [5.74, 6) is 0.276. The monoisotopic (exact) mass is 471 g/mol. The van der Waals surface area contributed by atoms with E-state index in [9.17, 15) is 18.0 Å². The number of amides is 2. The first-order valence-electron chi connectivity index (χ1n) is 10.1. The Kier molecular flexibility index (Phi) is 7.78. The molecule has 0 spiro atoms. The Morgan fingerprint density at radius 2 is 1.88 bits per heavy atom. The Morgan fingerprint density at radius 1 is 1.12 bits per heavy atom. The van der Waals surface area contributed by atoms with E-state index in [0.717, 1.165) is 11.8 Å². The number of carbonyl (C=O) groups excluding carboxylic acids is 2. The van der Waals surface area contributed by atoms with Gasteiger partial charge in [0.25, 0.3) is 0 Å². The number of aryl methyl sites for hydroxylation is 1. The van der Waals surface area contributed by atoms with Crippen LogP contribution in [0, 0.1) is 6.92 Å². The van der Waals surface area contributed by atoms with Crippen molar-refractivity contribution in [2.45, 2.75) is 26.0 Å². The molecule has 3 rings (SSSR count). The van der Waals surface area contributed by atoms with Crippen molar-refractivity contribution in [3.63, 3.8) is 0 Å². The second-order valence-corrected chi connectivity index (χ2v) is 9.75. The highest BCUT2D eigenvalue weighted by Crippen LogP contribution is 2.19. The summed E-state index contributed by atoms with van der Waals surface area (Å²) in [5.41, 5.74) is 1.91. The third-order valence-corrected chi connectivity index (χ3v) is 5.56. The van der Waals surface area contributed by atoms with E-state index in [1.807, 2.05) is 18.2 Å². The van der Waals surface area contributed by atoms with Crippen LogP contribution in [0.3, 0.4) is 0 Å². The van der Waals surface area contributed by atoms with E-state index in [2.05, 4.69) is 25.8 Å². The standard InChI is InChI=1S/C22H25N5O5S/c1-15-23-20(27-26-15)17-9-6-10-18(13-17)24-21(28)19(11-12-33(2,30)31)25-22(29)32-14-16-7-4-3-5-8-16/h3-10,13,19H,11-12,14H2,1-2H3,(H,24,28)(H,25,29)(H,23,26,27). The van der Waals surface area contributed by atoms with E-state index in [1.54, 1.807) is 43.3 Å². The van der Waals surface area contributed by atoms with E-state index >= 15 is 0 Å². The Bertz CT molecular complexity index is 1210. The lowest BCUT2D eigenvalue weighted by Crippen LogP contribution is -2.45. The minimum absolute atomic E-state index is 0.0191. The summed E-state index contributed by atoms with van der Waals surface area (Å²) < 4.78 is 28.4. The number of hydrogen-bond donors (Lipinski definition) is 3. The number of alkyl carbamates (subject to hydrolysis) is 1. The second kappa shape index (κ2) is 10.7. The summed E-state index contributed by atoms with van der Waals surface area (Å²) in [6.45, 7) is 1.79. The average molecular weight is 472 g/mol. The zero-order valence-corrected chi connectivity index (χ0v) is 19.1. The van der Waals surface area contributed by atoms with Crippen LogP contribution >= 0.6 is 0 Å². The zero-order chi connectivity index (χ0) is 23.8. The zero-order valence-electron chi connectivity index (χ0n) is 18.2. The fraction of sp³-hybridized carbons (Fsp3) is 0.273. The molecule has 0 aliphatic rings. The second-order valence-electron chi connectivity index (χ2n) is 7.49. The Labute approximate surface area is 191 Å². The van der Waals surface area contributed by atoms with Crippen LogP contribution in [0.1, 0.15) is 17.8 Å². The largest absolute Gasteiger partial charge is 0.445 e. The van der Waals surface area contributed by atoms with E-state index in [1.165, 1.54) is 0 Å². The van der Waals surface area contributed by atoms with E-state index < -0.39 is 27.9 Å². The van der Waals surface area contributed by atoms with Gasteiger partial charge in [0.2, 0.25) is 5.91 Å². The summed E-state index contributed by atoms with van der Waals surface area (Å²) in [4.78, 5) is 29.4. The van der Waals surface area contributed by atoms with Crippen LogP contribution in [-0.2, 0) is 26.0 Å². The predicted molar refractivity (Wildman–Crippen MR) is 123 cm³/mol. The molecule has 0 saturated heterocycles. The molecule has 11 heteroatoms. The third kappa shape index (κ3) is 7.72. The highest BCUT2D eigenvalue weighted by Gasteiger charge is 2.23. The molecule has 1 aromatic heterocycles. The Hall–Kier alpha value is -3.73. The first-order chi connectivity index (χ1) is 15.7. The molecule has 0 aliphatic carbocycles. The molecule has 33 heavy (non-hydrogen) atoms. The lowest BCUT2D eigenvalue weighted by molar-refractivity contribution is -0.118. The molecule has 2 aromatic carbocycles. The van der Waals surface area contributed by atoms with Gasteiger partial charge in [0.05, 0.1) is 5.75 Å². The van der Waals surface area contributed by atoms with Crippen LogP contribution < -0.4 is 10.6 Å². The SMILES string of the molecule is Cc1nc(-c2cccc(NC(=O)C(CCS(C)(=O)=O)NC(=O)OCc3ccccc3)c2)n[nH]1. The van der Waals surface area contributed by atoms with Gasteiger partial charge < -0.3 is 15.4 Å². The normalized spacial score (nSPS) is 12.1. The number of sulfone groups is 1. The average Bonchev–Trinajstić information content (AvgIpc) is 3.22. The number of ether oxygens (including phenoxy) is 1. The maximum absolute atomic E-state index is 12.9. The number of aromatic amines is 1. The molecule has 174 valence electrons. The first kappa shape index (κ1) is 23.9. The van der Waals surface area contributed by atoms with Crippen molar-refractivity contribution >= 4 is 27.5 Å². The van der Waals surface area contributed by atoms with Crippen molar-refractivity contribution in [1.82, 2.24) is 20.5 Å². The molecule has 0 aliphatic heterocycles. The molecule has 0 radical (unpaired) electrons. The number of aromatic nitrogens is 3. The molecule has 10 nitrogen and oxygen atoms in total. The van der Waals surface area contributed by atoms with Gasteiger partial charge in [0.15, 0.2) is 5.82 Å². The number of H-pyrrole nitrogens is 1. The van der Waals surface area contributed by atoms with E-state index in [0.29, 0.717) is 22.9 Å². The summed E-state index contributed by atoms with van der Waals surface area (Å²) >= 11 is 0. The molecule has 0 saturated carbocycles. The van der Waals surface area contributed by atoms with Crippen LogP contribution in [0.25, 0.3) is 11.4 Å². The highest BCUT2D eigenvalue weighted by atomic mass is 32.2. The Balaban J connectivity index is 1.67. The van der Waals surface area contributed by atoms with Gasteiger partial charge in [-0.1, -0.05) is 42.5 Å². The van der Waals surface area contributed by atoms with Crippen LogP contribution in [0.5, 0.6) is 0 Å². The molecule has 2 amide bonds. The van der Waals surface area contributed by atoms with E-state index in [4.69, 9.17) is 4.74 Å². The molecule has 1 unspecified atom stereocenters. The molecule has 1 atom stereocenters. The van der Waals surface area contributed by atoms with Crippen molar-refractivity contribution in [3.8, 4) is 11.4 Å². The van der Waals surface area contributed by atoms with Crippen LogP contribution in [0.4, 0.5) is 10.5 Å². The topological polar surface area (TPSA) is 143 Å². The number of benzene rings is 2. The van der Waals surface area contributed by atoms with Crippen molar-refractivity contribution < 1.29 is 22.7 Å². The molecule has 0 bridgehead atoms. The maximum atomic E-state index is 12.9. The van der Waals surface area contributed by atoms with Crippen molar-refractivity contribution in [3.05, 3.63) is 66.0 Å². The van der Waals surface area contributed by atoms with Gasteiger partial charge in [-0.2, -0.15) is 5.10 Å². The smallest absolute Gasteiger partial charge is 0.408 e. The number of rotatable bonds is 9. The van der Waals surface area contributed by atoms with Crippen LogP contribution in [0.2, 0.25) is 0 Å². The number of anilines is 1. The van der Waals surface area contributed by atoms with Gasteiger partial charge in [-0.3, -0.25) is 9.89 Å². The number of nitrogens with one attached hydrogen (secondary N) is 3. The predicted octanol–water partition coefficient (Wildman–Crippen LogP) is 2.45. The summed E-state index contributed by atoms with van der Waals surface area (Å²) in [6.07, 6.45) is 0.139. The lowest BCUT2D eigenvalue weighted by atomic mass is 10.1. The van der Waals surface area contributed by atoms with Gasteiger partial charge in [-0.15, -0.1) is 0 Å². The molecule has 3 aromatic rings. The third-order valence-electron chi connectivity index (χ3n) is 4.58. The van der Waals surface area contributed by atoms with Crippen molar-refractivity contribution in [2.24, 2.45) is 0 Å². The molecule has 0 fully saturated rings. The van der Waals surface area contributed by atoms with Gasteiger partial charge in [-0.25, -0.2) is 18.2 Å². The van der Waals surface area contributed by atoms with E-state index in [-0.39, 0.29) is 18.8 Å². The summed E-state index contributed by atoms with van der Waals surface area (Å²) in [5, 5.41) is 12.0. The number of nitrogens with zero attached hydrogens (tertiary/aromatic N) is 2. The summed E-state index contributed by atoms with van der Waals surface area (Å²) in [6, 6.07) is 14.8. The van der Waals surface area contributed by atoms with Crippen molar-refractivity contribution in [2.75, 3.05) is 17.3 Å². The fourth-order valence-electron chi connectivity index (χ4n) is 2.94. The van der Waals surface area contributed by atoms with Gasteiger partial charge >= 0.3 is 6.09 Å². The number of hydrogen-bond acceptors (Lipinski definition) is 7. The maximum Gasteiger partial charge on any atom is 0.408 e. The molecular weight excluding hydrogens is 446 g/mol. The van der Waals surface area contributed by atoms with Gasteiger partial charge in [0.1, 0.15) is 28.3 Å². The first-order valence-corrected chi connectivity index (χ1v) is 12.2.